The number of nitrogens with zero attached hydrogens (tertiary/aromatic N) is 1. The lowest BCUT2D eigenvalue weighted by molar-refractivity contribution is -0.137. The number of likely N-dealkylation sites (tertiary alicyclic amines) is 1. The molecule has 2 nitrogen and oxygen atoms in total. The number of alkyl halides is 3. The molecule has 0 aromatic heterocycles. The van der Waals surface area contributed by atoms with Crippen LogP contribution in [0.4, 0.5) is 13.2 Å². The van der Waals surface area contributed by atoms with E-state index in [1.54, 1.807) is 0 Å². The van der Waals surface area contributed by atoms with Gasteiger partial charge in [-0.3, -0.25) is 0 Å². The van der Waals surface area contributed by atoms with E-state index in [4.69, 9.17) is 4.74 Å². The second-order valence-corrected chi connectivity index (χ2v) is 10.9. The largest absolute Gasteiger partial charge is 0.493 e. The summed E-state index contributed by atoms with van der Waals surface area (Å²) in [6.07, 6.45) is 2.66. The molecule has 1 saturated carbocycles. The highest BCUT2D eigenvalue weighted by molar-refractivity contribution is 5.64. The minimum absolute atomic E-state index is 0.408. The molecule has 0 radical (unpaired) electrons. The highest BCUT2D eigenvalue weighted by atomic mass is 19.4. The van der Waals surface area contributed by atoms with Gasteiger partial charge in [0.15, 0.2) is 0 Å². The Hall–Kier alpha value is -2.79. The molecular weight excluding hydrogens is 471 g/mol. The molecule has 5 rings (SSSR count). The zero-order chi connectivity index (χ0) is 25.8. The van der Waals surface area contributed by atoms with Gasteiger partial charge in [-0.2, -0.15) is 13.2 Å². The maximum Gasteiger partial charge on any atom is 0.416 e. The third-order valence-electron chi connectivity index (χ3n) is 8.15. The lowest BCUT2D eigenvalue weighted by Crippen LogP contribution is -2.30. The average Bonchev–Trinajstić information content (AvgIpc) is 2.92. The minimum Gasteiger partial charge on any atom is -0.493 e. The molecule has 3 aromatic carbocycles. The van der Waals surface area contributed by atoms with E-state index in [0.29, 0.717) is 30.1 Å². The topological polar surface area (TPSA) is 12.5 Å². The summed E-state index contributed by atoms with van der Waals surface area (Å²) in [4.78, 5) is 2.43. The third kappa shape index (κ3) is 6.56. The summed E-state index contributed by atoms with van der Waals surface area (Å²) in [5, 5.41) is 0. The standard InChI is InChI=1S/C32H36F3NO/c1-36-18-4-9-29(21-36)28-8-3-7-27(20-28)25-12-10-24(11-13-25)26-6-2-5-23(19-26)22-37-31-16-14-30(15-17-31)32(33,34)35/h3,7-8,10-17,20,23,26,29H,2,4-6,9,18-19,21-22H2,1H3/t23?,26?,29-/m0/s1. The maximum absolute atomic E-state index is 12.8. The molecule has 37 heavy (non-hydrogen) atoms. The van der Waals surface area contributed by atoms with Crippen LogP contribution in [0.2, 0.25) is 0 Å². The number of hydrogen-bond donors (Lipinski definition) is 0. The first kappa shape index (κ1) is 25.8. The number of halogens is 3. The first-order chi connectivity index (χ1) is 17.8. The summed E-state index contributed by atoms with van der Waals surface area (Å²) in [5.41, 5.74) is 4.70. The van der Waals surface area contributed by atoms with E-state index >= 15 is 0 Å². The Morgan fingerprint density at radius 2 is 1.57 bits per heavy atom. The Balaban J connectivity index is 1.19. The second-order valence-electron chi connectivity index (χ2n) is 10.9. The fraction of sp³-hybridized carbons (Fsp3) is 0.438. The number of benzene rings is 3. The summed E-state index contributed by atoms with van der Waals surface area (Å²) < 4.78 is 44.2. The Labute approximate surface area is 218 Å². The summed E-state index contributed by atoms with van der Waals surface area (Å²) >= 11 is 0. The van der Waals surface area contributed by atoms with Gasteiger partial charge in [-0.1, -0.05) is 55.0 Å². The van der Waals surface area contributed by atoms with E-state index in [1.807, 2.05) is 0 Å². The summed E-state index contributed by atoms with van der Waals surface area (Å²) in [6, 6.07) is 23.1. The van der Waals surface area contributed by atoms with Crippen molar-refractivity contribution >= 4 is 0 Å². The summed E-state index contributed by atoms with van der Waals surface area (Å²) in [5.74, 6) is 2.02. The molecule has 0 N–H and O–H groups in total. The third-order valence-corrected chi connectivity index (χ3v) is 8.15. The SMILES string of the molecule is CN1CCC[C@H](c2cccc(-c3ccc(C4CCCC(COc5ccc(C(F)(F)F)cc5)C4)cc3)c2)C1. The lowest BCUT2D eigenvalue weighted by atomic mass is 9.78. The van der Waals surface area contributed by atoms with Gasteiger partial charge in [-0.25, -0.2) is 0 Å². The molecule has 1 heterocycles. The van der Waals surface area contributed by atoms with Gasteiger partial charge in [0.25, 0.3) is 0 Å². The van der Waals surface area contributed by atoms with Gasteiger partial charge in [-0.15, -0.1) is 0 Å². The van der Waals surface area contributed by atoms with Gasteiger partial charge in [0.2, 0.25) is 0 Å². The van der Waals surface area contributed by atoms with Crippen molar-refractivity contribution < 1.29 is 17.9 Å². The minimum atomic E-state index is -4.32. The highest BCUT2D eigenvalue weighted by Gasteiger charge is 2.30. The highest BCUT2D eigenvalue weighted by Crippen LogP contribution is 2.38. The van der Waals surface area contributed by atoms with Crippen LogP contribution in [0.5, 0.6) is 5.75 Å². The normalized spacial score (nSPS) is 23.1. The van der Waals surface area contributed by atoms with Gasteiger partial charge in [0.1, 0.15) is 5.75 Å². The zero-order valence-electron chi connectivity index (χ0n) is 21.5. The molecule has 2 aliphatic rings. The number of piperidine rings is 1. The van der Waals surface area contributed by atoms with Crippen LogP contribution in [0.1, 0.15) is 67.1 Å². The van der Waals surface area contributed by atoms with Crippen molar-refractivity contribution in [2.45, 2.75) is 56.5 Å². The van der Waals surface area contributed by atoms with Crippen LogP contribution in [-0.4, -0.2) is 31.6 Å². The Kier molecular flexibility index (Phi) is 7.89. The van der Waals surface area contributed by atoms with Crippen molar-refractivity contribution in [1.82, 2.24) is 4.90 Å². The molecule has 196 valence electrons. The molecule has 1 saturated heterocycles. The van der Waals surface area contributed by atoms with Gasteiger partial charge >= 0.3 is 6.18 Å². The van der Waals surface area contributed by atoms with E-state index in [-0.39, 0.29) is 0 Å². The number of ether oxygens (including phenoxy) is 1. The van der Waals surface area contributed by atoms with Gasteiger partial charge in [0, 0.05) is 6.54 Å². The molecule has 3 aromatic rings. The van der Waals surface area contributed by atoms with Crippen molar-refractivity contribution in [2.75, 3.05) is 26.7 Å². The smallest absolute Gasteiger partial charge is 0.416 e. The van der Waals surface area contributed by atoms with Gasteiger partial charge < -0.3 is 9.64 Å². The first-order valence-electron chi connectivity index (χ1n) is 13.5. The molecule has 5 heteroatoms. The van der Waals surface area contributed by atoms with E-state index in [0.717, 1.165) is 37.9 Å². The molecule has 0 bridgehead atoms. The van der Waals surface area contributed by atoms with Gasteiger partial charge in [0.05, 0.1) is 12.2 Å². The maximum atomic E-state index is 12.8. The average molecular weight is 508 g/mol. The van der Waals surface area contributed by atoms with Crippen LogP contribution in [-0.2, 0) is 6.18 Å². The van der Waals surface area contributed by atoms with Crippen molar-refractivity contribution in [3.05, 3.63) is 89.5 Å². The van der Waals surface area contributed by atoms with Crippen LogP contribution in [0.3, 0.4) is 0 Å². The van der Waals surface area contributed by atoms with Crippen molar-refractivity contribution in [1.29, 1.82) is 0 Å². The molecule has 0 spiro atoms. The lowest BCUT2D eigenvalue weighted by Gasteiger charge is -2.30. The first-order valence-corrected chi connectivity index (χ1v) is 13.5. The zero-order valence-corrected chi connectivity index (χ0v) is 21.5. The monoisotopic (exact) mass is 507 g/mol. The number of rotatable bonds is 6. The number of hydrogen-bond acceptors (Lipinski definition) is 2. The van der Waals surface area contributed by atoms with E-state index in [1.165, 1.54) is 60.2 Å². The molecule has 1 aliphatic heterocycles. The molecule has 2 unspecified atom stereocenters. The molecule has 1 aliphatic carbocycles. The predicted molar refractivity (Wildman–Crippen MR) is 143 cm³/mol. The van der Waals surface area contributed by atoms with Gasteiger partial charge in [-0.05, 0) is 110 Å². The Bertz CT molecular complexity index is 1160. The molecular formula is C32H36F3NO. The Morgan fingerprint density at radius 3 is 2.30 bits per heavy atom. The van der Waals surface area contributed by atoms with Crippen LogP contribution in [0, 0.1) is 5.92 Å². The van der Waals surface area contributed by atoms with E-state index in [9.17, 15) is 13.2 Å². The molecule has 3 atom stereocenters. The fourth-order valence-electron chi connectivity index (χ4n) is 6.06. The summed E-state index contributed by atoms with van der Waals surface area (Å²) in [6.45, 7) is 2.87. The van der Waals surface area contributed by atoms with Crippen LogP contribution in [0.25, 0.3) is 11.1 Å². The summed E-state index contributed by atoms with van der Waals surface area (Å²) in [7, 11) is 2.21. The Morgan fingerprint density at radius 1 is 0.811 bits per heavy atom. The van der Waals surface area contributed by atoms with Crippen LogP contribution in [0.15, 0.2) is 72.8 Å². The van der Waals surface area contributed by atoms with Crippen molar-refractivity contribution in [2.24, 2.45) is 5.92 Å². The fourth-order valence-corrected chi connectivity index (χ4v) is 6.06. The molecule has 2 fully saturated rings. The second kappa shape index (κ2) is 11.3. The van der Waals surface area contributed by atoms with Crippen molar-refractivity contribution in [3.63, 3.8) is 0 Å². The quantitative estimate of drug-likeness (QED) is 0.331. The van der Waals surface area contributed by atoms with E-state index in [2.05, 4.69) is 60.5 Å². The number of likely N-dealkylation sites (N-methyl/N-ethyl adjacent to an activating group) is 1. The van der Waals surface area contributed by atoms with Crippen molar-refractivity contribution in [3.8, 4) is 16.9 Å². The molecule has 0 amide bonds. The van der Waals surface area contributed by atoms with Crippen LogP contribution < -0.4 is 4.74 Å². The van der Waals surface area contributed by atoms with Crippen LogP contribution >= 0.6 is 0 Å². The van der Waals surface area contributed by atoms with E-state index < -0.39 is 11.7 Å². The predicted octanol–water partition coefficient (Wildman–Crippen LogP) is 8.53.